The summed E-state index contributed by atoms with van der Waals surface area (Å²) in [6, 6.07) is 0. The van der Waals surface area contributed by atoms with Crippen LogP contribution >= 0.6 is 0 Å². The van der Waals surface area contributed by atoms with E-state index in [1.165, 1.54) is 0 Å². The standard InChI is InChI=1S/C5H12N2O/c1-3-4(8)5(6)7-2/h4,8H,3H2,1-2H3,(H2,6,7). The Labute approximate surface area is 49.2 Å². The van der Waals surface area contributed by atoms with Crippen LogP contribution in [0.15, 0.2) is 4.99 Å². The van der Waals surface area contributed by atoms with E-state index in [0.717, 1.165) is 0 Å². The summed E-state index contributed by atoms with van der Waals surface area (Å²) in [5.74, 6) is 0.313. The Kier molecular flexibility index (Phi) is 3.19. The number of rotatable bonds is 2. The molecule has 8 heavy (non-hydrogen) atoms. The Balaban J connectivity index is 3.63. The van der Waals surface area contributed by atoms with Gasteiger partial charge in [0.25, 0.3) is 0 Å². The number of aliphatic hydroxyl groups excluding tert-OH is 1. The third kappa shape index (κ3) is 1.93. The van der Waals surface area contributed by atoms with Gasteiger partial charge >= 0.3 is 0 Å². The van der Waals surface area contributed by atoms with Crippen molar-refractivity contribution in [3.63, 3.8) is 0 Å². The second-order valence-corrected chi connectivity index (χ2v) is 1.57. The molecular formula is C5H12N2O. The van der Waals surface area contributed by atoms with Crippen LogP contribution in [0.4, 0.5) is 0 Å². The third-order valence-electron chi connectivity index (χ3n) is 0.986. The first kappa shape index (κ1) is 7.43. The van der Waals surface area contributed by atoms with E-state index in [4.69, 9.17) is 10.8 Å². The molecule has 0 amide bonds. The molecule has 0 fully saturated rings. The van der Waals surface area contributed by atoms with Gasteiger partial charge in [0.15, 0.2) is 0 Å². The van der Waals surface area contributed by atoms with Crippen LogP contribution in [0, 0.1) is 0 Å². The van der Waals surface area contributed by atoms with Gasteiger partial charge in [-0.2, -0.15) is 0 Å². The van der Waals surface area contributed by atoms with Crippen molar-refractivity contribution in [2.45, 2.75) is 19.4 Å². The van der Waals surface area contributed by atoms with E-state index >= 15 is 0 Å². The fraction of sp³-hybridized carbons (Fsp3) is 0.800. The van der Waals surface area contributed by atoms with Crippen LogP contribution < -0.4 is 5.73 Å². The topological polar surface area (TPSA) is 58.6 Å². The number of hydrogen-bond donors (Lipinski definition) is 2. The van der Waals surface area contributed by atoms with Crippen molar-refractivity contribution in [2.24, 2.45) is 10.7 Å². The number of nitrogens with zero attached hydrogens (tertiary/aromatic N) is 1. The van der Waals surface area contributed by atoms with E-state index in [2.05, 4.69) is 4.99 Å². The number of hydrogen-bond acceptors (Lipinski definition) is 2. The first-order chi connectivity index (χ1) is 3.72. The highest BCUT2D eigenvalue weighted by Crippen LogP contribution is 1.87. The zero-order chi connectivity index (χ0) is 6.57. The minimum atomic E-state index is -0.556. The van der Waals surface area contributed by atoms with Gasteiger partial charge in [-0.05, 0) is 6.42 Å². The predicted molar refractivity (Wildman–Crippen MR) is 33.8 cm³/mol. The zero-order valence-electron chi connectivity index (χ0n) is 5.26. The van der Waals surface area contributed by atoms with Crippen molar-refractivity contribution in [3.05, 3.63) is 0 Å². The molecule has 0 heterocycles. The van der Waals surface area contributed by atoms with Crippen LogP contribution in [-0.2, 0) is 0 Å². The maximum Gasteiger partial charge on any atom is 0.123 e. The van der Waals surface area contributed by atoms with Gasteiger partial charge in [0.05, 0.1) is 0 Å². The lowest BCUT2D eigenvalue weighted by Gasteiger charge is -2.03. The average Bonchev–Trinajstić information content (AvgIpc) is 1.84. The van der Waals surface area contributed by atoms with E-state index in [1.54, 1.807) is 7.05 Å². The quantitative estimate of drug-likeness (QED) is 0.386. The molecule has 0 radical (unpaired) electrons. The normalized spacial score (nSPS) is 16.1. The highest BCUT2D eigenvalue weighted by atomic mass is 16.3. The van der Waals surface area contributed by atoms with E-state index < -0.39 is 6.10 Å². The maximum absolute atomic E-state index is 8.87. The van der Waals surface area contributed by atoms with Gasteiger partial charge in [0.2, 0.25) is 0 Å². The smallest absolute Gasteiger partial charge is 0.123 e. The van der Waals surface area contributed by atoms with Crippen molar-refractivity contribution in [1.82, 2.24) is 0 Å². The molecule has 0 rings (SSSR count). The molecular weight excluding hydrogens is 104 g/mol. The van der Waals surface area contributed by atoms with Crippen molar-refractivity contribution in [1.29, 1.82) is 0 Å². The lowest BCUT2D eigenvalue weighted by molar-refractivity contribution is 0.236. The van der Waals surface area contributed by atoms with Gasteiger partial charge in [-0.1, -0.05) is 6.92 Å². The van der Waals surface area contributed by atoms with Crippen LogP contribution in [0.25, 0.3) is 0 Å². The van der Waals surface area contributed by atoms with Gasteiger partial charge in [0.1, 0.15) is 11.9 Å². The Bertz CT molecular complexity index is 90.4. The highest BCUT2D eigenvalue weighted by molar-refractivity contribution is 5.84. The zero-order valence-corrected chi connectivity index (χ0v) is 5.26. The minimum absolute atomic E-state index is 0.313. The van der Waals surface area contributed by atoms with Gasteiger partial charge in [-0.15, -0.1) is 0 Å². The maximum atomic E-state index is 8.87. The first-order valence-corrected chi connectivity index (χ1v) is 2.62. The molecule has 0 saturated heterocycles. The van der Waals surface area contributed by atoms with Crippen molar-refractivity contribution in [3.8, 4) is 0 Å². The van der Waals surface area contributed by atoms with Crippen LogP contribution in [0.2, 0.25) is 0 Å². The Morgan fingerprint density at radius 1 is 1.88 bits per heavy atom. The summed E-state index contributed by atoms with van der Waals surface area (Å²) >= 11 is 0. The van der Waals surface area contributed by atoms with Crippen LogP contribution in [-0.4, -0.2) is 24.1 Å². The SMILES string of the molecule is CCC(O)C(N)=NC. The first-order valence-electron chi connectivity index (χ1n) is 2.62. The number of nitrogens with two attached hydrogens (primary N) is 1. The molecule has 3 nitrogen and oxygen atoms in total. The molecule has 0 aliphatic rings. The molecule has 0 aliphatic heterocycles. The summed E-state index contributed by atoms with van der Waals surface area (Å²) in [5, 5.41) is 8.87. The summed E-state index contributed by atoms with van der Waals surface area (Å²) in [6.07, 6.45) is 0.0726. The second kappa shape index (κ2) is 3.43. The molecule has 3 N–H and O–H groups in total. The minimum Gasteiger partial charge on any atom is -0.385 e. The number of aliphatic imine (C=N–C) groups is 1. The number of amidine groups is 1. The second-order valence-electron chi connectivity index (χ2n) is 1.57. The molecule has 0 aromatic carbocycles. The average molecular weight is 116 g/mol. The molecule has 0 aromatic heterocycles. The van der Waals surface area contributed by atoms with E-state index in [9.17, 15) is 0 Å². The fourth-order valence-corrected chi connectivity index (χ4v) is 0.358. The molecule has 1 unspecified atom stereocenters. The lowest BCUT2D eigenvalue weighted by atomic mass is 10.3. The predicted octanol–water partition coefficient (Wildman–Crippen LogP) is -0.256. The summed E-state index contributed by atoms with van der Waals surface area (Å²) in [6.45, 7) is 1.85. The lowest BCUT2D eigenvalue weighted by Crippen LogP contribution is -2.27. The Morgan fingerprint density at radius 3 is 2.50 bits per heavy atom. The van der Waals surface area contributed by atoms with E-state index in [0.29, 0.717) is 12.3 Å². The summed E-state index contributed by atoms with van der Waals surface area (Å²) in [7, 11) is 1.56. The molecule has 0 bridgehead atoms. The molecule has 0 aliphatic carbocycles. The van der Waals surface area contributed by atoms with E-state index in [1.807, 2.05) is 6.92 Å². The van der Waals surface area contributed by atoms with Crippen molar-refractivity contribution < 1.29 is 5.11 Å². The van der Waals surface area contributed by atoms with Crippen LogP contribution in [0.1, 0.15) is 13.3 Å². The molecule has 0 spiro atoms. The van der Waals surface area contributed by atoms with Crippen molar-refractivity contribution in [2.75, 3.05) is 7.05 Å². The van der Waals surface area contributed by atoms with Crippen LogP contribution in [0.5, 0.6) is 0 Å². The monoisotopic (exact) mass is 116 g/mol. The third-order valence-corrected chi connectivity index (χ3v) is 0.986. The molecule has 3 heteroatoms. The van der Waals surface area contributed by atoms with Gasteiger partial charge in [-0.3, -0.25) is 4.99 Å². The molecule has 0 saturated carbocycles. The van der Waals surface area contributed by atoms with Crippen LogP contribution in [0.3, 0.4) is 0 Å². The highest BCUT2D eigenvalue weighted by Gasteiger charge is 2.01. The van der Waals surface area contributed by atoms with Crippen molar-refractivity contribution >= 4 is 5.84 Å². The molecule has 1 atom stereocenters. The number of aliphatic hydroxyl groups is 1. The summed E-state index contributed by atoms with van der Waals surface area (Å²) in [4.78, 5) is 3.60. The fourth-order valence-electron chi connectivity index (χ4n) is 0.358. The molecule has 0 aromatic rings. The van der Waals surface area contributed by atoms with E-state index in [-0.39, 0.29) is 0 Å². The Morgan fingerprint density at radius 2 is 2.38 bits per heavy atom. The molecule has 48 valence electrons. The Hall–Kier alpha value is -0.570. The van der Waals surface area contributed by atoms with Gasteiger partial charge < -0.3 is 10.8 Å². The van der Waals surface area contributed by atoms with Gasteiger partial charge in [-0.25, -0.2) is 0 Å². The summed E-state index contributed by atoms with van der Waals surface area (Å²) in [5.41, 5.74) is 5.23. The summed E-state index contributed by atoms with van der Waals surface area (Å²) < 4.78 is 0. The van der Waals surface area contributed by atoms with Gasteiger partial charge in [0, 0.05) is 7.05 Å². The largest absolute Gasteiger partial charge is 0.385 e.